The van der Waals surface area contributed by atoms with Gasteiger partial charge in [-0.3, -0.25) is 0 Å². The van der Waals surface area contributed by atoms with Gasteiger partial charge < -0.3 is 5.32 Å². The van der Waals surface area contributed by atoms with Crippen molar-refractivity contribution in [3.63, 3.8) is 0 Å². The molecule has 0 amide bonds. The number of hydrogen-bond acceptors (Lipinski definition) is 1. The van der Waals surface area contributed by atoms with Gasteiger partial charge >= 0.3 is 0 Å². The van der Waals surface area contributed by atoms with Crippen LogP contribution < -0.4 is 5.32 Å². The van der Waals surface area contributed by atoms with Crippen molar-refractivity contribution in [1.29, 1.82) is 0 Å². The zero-order valence-electron chi connectivity index (χ0n) is 8.56. The van der Waals surface area contributed by atoms with E-state index in [-0.39, 0.29) is 0 Å². The maximum Gasteiger partial charge on any atom is 0.0321 e. The van der Waals surface area contributed by atoms with E-state index in [2.05, 4.69) is 18.4 Å². The van der Waals surface area contributed by atoms with E-state index in [9.17, 15) is 0 Å². The van der Waals surface area contributed by atoms with Crippen LogP contribution in [0, 0.1) is 5.92 Å². The fourth-order valence-electron chi connectivity index (χ4n) is 2.22. The van der Waals surface area contributed by atoms with Gasteiger partial charge in [-0.1, -0.05) is 32.3 Å². The highest BCUT2D eigenvalue weighted by molar-refractivity contribution is 5.14. The van der Waals surface area contributed by atoms with Crippen LogP contribution in [0.5, 0.6) is 0 Å². The minimum Gasteiger partial charge on any atom is -0.388 e. The molecular formula is C11H21N. The van der Waals surface area contributed by atoms with Crippen LogP contribution in [0.4, 0.5) is 0 Å². The second-order valence-corrected chi connectivity index (χ2v) is 3.55. The fraction of sp³-hybridized carbons (Fsp3) is 0.818. The highest BCUT2D eigenvalue weighted by Gasteiger charge is 2.28. The van der Waals surface area contributed by atoms with Gasteiger partial charge in [-0.25, -0.2) is 0 Å². The van der Waals surface area contributed by atoms with Gasteiger partial charge in [-0.15, -0.1) is 0 Å². The summed E-state index contributed by atoms with van der Waals surface area (Å²) in [6, 6.07) is 0.800. The first-order valence-electron chi connectivity index (χ1n) is 5.30. The molecule has 0 aromatic rings. The maximum absolute atomic E-state index is 3.45. The summed E-state index contributed by atoms with van der Waals surface area (Å²) < 4.78 is 0. The van der Waals surface area contributed by atoms with E-state index in [0.717, 1.165) is 12.0 Å². The summed E-state index contributed by atoms with van der Waals surface area (Å²) in [7, 11) is 0. The van der Waals surface area contributed by atoms with Crippen LogP contribution >= 0.6 is 0 Å². The molecule has 0 radical (unpaired) electrons. The minimum atomic E-state index is 0.800. The van der Waals surface area contributed by atoms with Gasteiger partial charge in [0.25, 0.3) is 0 Å². The Bertz CT molecular complexity index is 160. The lowest BCUT2D eigenvalue weighted by Gasteiger charge is -2.26. The Morgan fingerprint density at radius 3 is 2.58 bits per heavy atom. The van der Waals surface area contributed by atoms with Crippen molar-refractivity contribution in [1.82, 2.24) is 5.32 Å². The molecule has 1 aliphatic heterocycles. The van der Waals surface area contributed by atoms with Gasteiger partial charge in [0.2, 0.25) is 0 Å². The van der Waals surface area contributed by atoms with Crippen LogP contribution in [0.25, 0.3) is 0 Å². The highest BCUT2D eigenvalue weighted by Crippen LogP contribution is 2.32. The van der Waals surface area contributed by atoms with Crippen LogP contribution in [0.3, 0.4) is 0 Å². The molecule has 0 aromatic carbocycles. The molecule has 1 saturated carbocycles. The van der Waals surface area contributed by atoms with E-state index in [1.807, 2.05) is 13.8 Å². The summed E-state index contributed by atoms with van der Waals surface area (Å²) >= 11 is 0. The monoisotopic (exact) mass is 167 g/mol. The SMILES string of the molecule is CC.CC1=CNC2CCCCC12. The van der Waals surface area contributed by atoms with Crippen molar-refractivity contribution < 1.29 is 0 Å². The normalized spacial score (nSPS) is 32.4. The predicted octanol–water partition coefficient (Wildman–Crippen LogP) is 3.08. The largest absolute Gasteiger partial charge is 0.388 e. The summed E-state index contributed by atoms with van der Waals surface area (Å²) in [6.07, 6.45) is 7.88. The molecule has 1 fully saturated rings. The standard InChI is InChI=1S/C9H15N.C2H6/c1-7-6-10-9-5-3-2-4-8(7)9;1-2/h6,8-10H,2-5H2,1H3;1-2H3. The third-order valence-electron chi connectivity index (χ3n) is 2.88. The van der Waals surface area contributed by atoms with Crippen LogP contribution in [0.1, 0.15) is 46.5 Å². The average Bonchev–Trinajstić information content (AvgIpc) is 2.53. The molecule has 0 bridgehead atoms. The molecule has 2 atom stereocenters. The zero-order chi connectivity index (χ0) is 8.97. The van der Waals surface area contributed by atoms with Gasteiger partial charge in [0, 0.05) is 12.0 Å². The Balaban J connectivity index is 0.000000336. The van der Waals surface area contributed by atoms with Crippen molar-refractivity contribution in [3.8, 4) is 0 Å². The van der Waals surface area contributed by atoms with Crippen LogP contribution in [-0.2, 0) is 0 Å². The lowest BCUT2D eigenvalue weighted by atomic mass is 9.83. The number of fused-ring (bicyclic) bond motifs is 1. The Labute approximate surface area is 76.2 Å². The molecule has 1 heterocycles. The second-order valence-electron chi connectivity index (χ2n) is 3.55. The molecule has 2 aliphatic rings. The topological polar surface area (TPSA) is 12.0 Å². The van der Waals surface area contributed by atoms with E-state index in [1.165, 1.54) is 25.7 Å². The van der Waals surface area contributed by atoms with Crippen LogP contribution in [0.2, 0.25) is 0 Å². The molecule has 12 heavy (non-hydrogen) atoms. The van der Waals surface area contributed by atoms with Gasteiger partial charge in [0.1, 0.15) is 0 Å². The molecule has 2 unspecified atom stereocenters. The lowest BCUT2D eigenvalue weighted by molar-refractivity contribution is 0.342. The van der Waals surface area contributed by atoms with E-state index >= 15 is 0 Å². The summed E-state index contributed by atoms with van der Waals surface area (Å²) in [5.74, 6) is 0.883. The smallest absolute Gasteiger partial charge is 0.0321 e. The van der Waals surface area contributed by atoms with Gasteiger partial charge in [-0.2, -0.15) is 0 Å². The lowest BCUT2D eigenvalue weighted by Crippen LogP contribution is -2.30. The summed E-state index contributed by atoms with van der Waals surface area (Å²) in [4.78, 5) is 0. The van der Waals surface area contributed by atoms with Crippen molar-refractivity contribution >= 4 is 0 Å². The Hall–Kier alpha value is -0.460. The summed E-state index contributed by atoms with van der Waals surface area (Å²) in [5.41, 5.74) is 1.57. The van der Waals surface area contributed by atoms with E-state index in [0.29, 0.717) is 0 Å². The molecule has 0 spiro atoms. The number of nitrogens with one attached hydrogen (secondary N) is 1. The van der Waals surface area contributed by atoms with E-state index < -0.39 is 0 Å². The maximum atomic E-state index is 3.45. The Morgan fingerprint density at radius 1 is 1.25 bits per heavy atom. The minimum absolute atomic E-state index is 0.800. The number of rotatable bonds is 0. The molecule has 0 saturated heterocycles. The van der Waals surface area contributed by atoms with Crippen molar-refractivity contribution in [3.05, 3.63) is 11.8 Å². The van der Waals surface area contributed by atoms with Gasteiger partial charge in [-0.05, 0) is 26.0 Å². The zero-order valence-corrected chi connectivity index (χ0v) is 8.56. The van der Waals surface area contributed by atoms with Crippen molar-refractivity contribution in [2.45, 2.75) is 52.5 Å². The van der Waals surface area contributed by atoms with Crippen molar-refractivity contribution in [2.75, 3.05) is 0 Å². The quantitative estimate of drug-likeness (QED) is 0.584. The fourth-order valence-corrected chi connectivity index (χ4v) is 2.22. The Kier molecular flexibility index (Phi) is 3.64. The highest BCUT2D eigenvalue weighted by atomic mass is 14.9. The first-order valence-corrected chi connectivity index (χ1v) is 5.30. The van der Waals surface area contributed by atoms with E-state index in [1.54, 1.807) is 5.57 Å². The number of hydrogen-bond donors (Lipinski definition) is 1. The molecular weight excluding hydrogens is 146 g/mol. The summed E-state index contributed by atoms with van der Waals surface area (Å²) in [6.45, 7) is 6.25. The van der Waals surface area contributed by atoms with Crippen molar-refractivity contribution in [2.24, 2.45) is 5.92 Å². The van der Waals surface area contributed by atoms with E-state index in [4.69, 9.17) is 0 Å². The molecule has 70 valence electrons. The molecule has 1 N–H and O–H groups in total. The van der Waals surface area contributed by atoms with Crippen LogP contribution in [-0.4, -0.2) is 6.04 Å². The molecule has 1 heteroatoms. The van der Waals surface area contributed by atoms with Gasteiger partial charge in [0.15, 0.2) is 0 Å². The average molecular weight is 167 g/mol. The third kappa shape index (κ3) is 1.82. The first kappa shape index (κ1) is 9.63. The molecule has 0 aromatic heterocycles. The summed E-state index contributed by atoms with van der Waals surface area (Å²) in [5, 5.41) is 3.45. The second kappa shape index (κ2) is 4.54. The predicted molar refractivity (Wildman–Crippen MR) is 54.0 cm³/mol. The first-order chi connectivity index (χ1) is 5.88. The molecule has 1 nitrogen and oxygen atoms in total. The Morgan fingerprint density at radius 2 is 1.92 bits per heavy atom. The molecule has 1 aliphatic carbocycles. The van der Waals surface area contributed by atoms with Gasteiger partial charge in [0.05, 0.1) is 0 Å². The van der Waals surface area contributed by atoms with Crippen LogP contribution in [0.15, 0.2) is 11.8 Å². The third-order valence-corrected chi connectivity index (χ3v) is 2.88. The molecule has 2 rings (SSSR count).